The number of fused-ring (bicyclic) bond motifs is 1. The quantitative estimate of drug-likeness (QED) is 0.683. The standard InChI is InChI=1S/C17H23N3O5/c1-3-20-9-17(16(24)25)8-19(6-13(17)15(20)23)5-12-11(7-21)4-18-10(2)14(12)22/h4,13,21-22H,3,5-9H2,1-2H3,(H,24,25)/t13-,17-/m0/s1. The molecule has 8 nitrogen and oxygen atoms in total. The number of aromatic hydroxyl groups is 1. The first-order valence-corrected chi connectivity index (χ1v) is 8.35. The Morgan fingerprint density at radius 2 is 2.16 bits per heavy atom. The normalized spacial score (nSPS) is 26.3. The summed E-state index contributed by atoms with van der Waals surface area (Å²) in [7, 11) is 0. The first-order valence-electron chi connectivity index (χ1n) is 8.35. The third kappa shape index (κ3) is 2.65. The van der Waals surface area contributed by atoms with Gasteiger partial charge in [-0.25, -0.2) is 0 Å². The van der Waals surface area contributed by atoms with E-state index in [9.17, 15) is 24.9 Å². The van der Waals surface area contributed by atoms with Gasteiger partial charge in [-0.05, 0) is 13.8 Å². The Bertz CT molecular complexity index is 722. The molecular weight excluding hydrogens is 326 g/mol. The van der Waals surface area contributed by atoms with Crippen LogP contribution < -0.4 is 0 Å². The first-order chi connectivity index (χ1) is 11.8. The van der Waals surface area contributed by atoms with Gasteiger partial charge >= 0.3 is 5.97 Å². The number of nitrogens with zero attached hydrogens (tertiary/aromatic N) is 3. The molecule has 25 heavy (non-hydrogen) atoms. The highest BCUT2D eigenvalue weighted by molar-refractivity contribution is 5.92. The molecule has 0 aliphatic carbocycles. The molecule has 136 valence electrons. The average Bonchev–Trinajstić information content (AvgIpc) is 3.07. The lowest BCUT2D eigenvalue weighted by molar-refractivity contribution is -0.149. The summed E-state index contributed by atoms with van der Waals surface area (Å²) in [6.45, 7) is 4.80. The fourth-order valence-electron chi connectivity index (χ4n) is 4.01. The number of aliphatic carboxylic acids is 1. The Morgan fingerprint density at radius 1 is 1.44 bits per heavy atom. The lowest BCUT2D eigenvalue weighted by Crippen LogP contribution is -2.40. The number of aliphatic hydroxyl groups excluding tert-OH is 1. The van der Waals surface area contributed by atoms with Gasteiger partial charge < -0.3 is 20.2 Å². The zero-order valence-corrected chi connectivity index (χ0v) is 14.4. The summed E-state index contributed by atoms with van der Waals surface area (Å²) in [6.07, 6.45) is 1.51. The number of pyridine rings is 1. The summed E-state index contributed by atoms with van der Waals surface area (Å²) in [5.74, 6) is -1.64. The maximum atomic E-state index is 12.5. The van der Waals surface area contributed by atoms with Crippen molar-refractivity contribution in [2.24, 2.45) is 11.3 Å². The highest BCUT2D eigenvalue weighted by Crippen LogP contribution is 2.44. The average molecular weight is 349 g/mol. The first kappa shape index (κ1) is 17.6. The van der Waals surface area contributed by atoms with Crippen LogP contribution in [-0.4, -0.2) is 68.2 Å². The largest absolute Gasteiger partial charge is 0.506 e. The second-order valence-corrected chi connectivity index (χ2v) is 6.89. The Balaban J connectivity index is 1.88. The molecule has 0 aromatic carbocycles. The van der Waals surface area contributed by atoms with Gasteiger partial charge in [0.15, 0.2) is 0 Å². The van der Waals surface area contributed by atoms with Crippen LogP contribution in [-0.2, 0) is 22.7 Å². The summed E-state index contributed by atoms with van der Waals surface area (Å²) in [5.41, 5.74) is 0.388. The van der Waals surface area contributed by atoms with Crippen molar-refractivity contribution >= 4 is 11.9 Å². The van der Waals surface area contributed by atoms with E-state index in [-0.39, 0.29) is 37.9 Å². The van der Waals surface area contributed by atoms with Gasteiger partial charge in [-0.15, -0.1) is 0 Å². The third-order valence-electron chi connectivity index (χ3n) is 5.49. The number of rotatable bonds is 5. The zero-order chi connectivity index (χ0) is 18.4. The van der Waals surface area contributed by atoms with Crippen molar-refractivity contribution in [3.8, 4) is 5.75 Å². The van der Waals surface area contributed by atoms with Crippen molar-refractivity contribution in [3.05, 3.63) is 23.0 Å². The lowest BCUT2D eigenvalue weighted by atomic mass is 9.81. The number of aromatic nitrogens is 1. The van der Waals surface area contributed by atoms with Crippen LogP contribution in [0.3, 0.4) is 0 Å². The van der Waals surface area contributed by atoms with E-state index in [0.29, 0.717) is 29.9 Å². The maximum absolute atomic E-state index is 12.5. The van der Waals surface area contributed by atoms with E-state index in [1.54, 1.807) is 11.8 Å². The Hall–Kier alpha value is -2.19. The number of amides is 1. The van der Waals surface area contributed by atoms with Crippen molar-refractivity contribution in [1.29, 1.82) is 0 Å². The van der Waals surface area contributed by atoms with Gasteiger partial charge in [0.05, 0.1) is 18.2 Å². The molecule has 2 atom stereocenters. The molecule has 8 heteroatoms. The van der Waals surface area contributed by atoms with Gasteiger partial charge in [0.1, 0.15) is 11.2 Å². The smallest absolute Gasteiger partial charge is 0.313 e. The van der Waals surface area contributed by atoms with Crippen LogP contribution in [0.25, 0.3) is 0 Å². The van der Waals surface area contributed by atoms with Gasteiger partial charge in [-0.3, -0.25) is 19.5 Å². The summed E-state index contributed by atoms with van der Waals surface area (Å²) in [6, 6.07) is 0. The summed E-state index contributed by atoms with van der Waals surface area (Å²) in [4.78, 5) is 32.0. The van der Waals surface area contributed by atoms with Crippen molar-refractivity contribution in [2.45, 2.75) is 27.0 Å². The fraction of sp³-hybridized carbons (Fsp3) is 0.588. The molecule has 2 aliphatic rings. The van der Waals surface area contributed by atoms with E-state index < -0.39 is 17.3 Å². The maximum Gasteiger partial charge on any atom is 0.313 e. The second kappa shape index (κ2) is 6.27. The predicted octanol–water partition coefficient (Wildman–Crippen LogP) is -0.0472. The zero-order valence-electron chi connectivity index (χ0n) is 14.4. The molecule has 2 aliphatic heterocycles. The van der Waals surface area contributed by atoms with Crippen molar-refractivity contribution in [3.63, 3.8) is 0 Å². The van der Waals surface area contributed by atoms with Crippen LogP contribution in [0.5, 0.6) is 5.75 Å². The molecule has 1 aromatic heterocycles. The number of carboxylic acids is 1. The molecule has 0 bridgehead atoms. The molecule has 1 aromatic rings. The van der Waals surface area contributed by atoms with E-state index in [2.05, 4.69) is 4.98 Å². The van der Waals surface area contributed by atoms with Crippen LogP contribution in [0.4, 0.5) is 0 Å². The summed E-state index contributed by atoms with van der Waals surface area (Å²) >= 11 is 0. The van der Waals surface area contributed by atoms with Gasteiger partial charge in [0.2, 0.25) is 5.91 Å². The number of carbonyl (C=O) groups is 2. The molecule has 0 unspecified atom stereocenters. The Morgan fingerprint density at radius 3 is 2.72 bits per heavy atom. The number of hydrogen-bond donors (Lipinski definition) is 3. The van der Waals surface area contributed by atoms with E-state index in [4.69, 9.17) is 0 Å². The Labute approximate surface area is 145 Å². The van der Waals surface area contributed by atoms with Crippen molar-refractivity contribution in [1.82, 2.24) is 14.8 Å². The number of aliphatic hydroxyl groups is 1. The van der Waals surface area contributed by atoms with E-state index in [1.165, 1.54) is 6.20 Å². The monoisotopic (exact) mass is 349 g/mol. The summed E-state index contributed by atoms with van der Waals surface area (Å²) in [5, 5.41) is 29.6. The number of hydrogen-bond acceptors (Lipinski definition) is 6. The van der Waals surface area contributed by atoms with Gasteiger partial charge in [-0.2, -0.15) is 0 Å². The minimum atomic E-state index is -1.11. The van der Waals surface area contributed by atoms with E-state index in [0.717, 1.165) is 0 Å². The number of carboxylic acid groups (broad SMARTS) is 1. The van der Waals surface area contributed by atoms with Crippen LogP contribution in [0.15, 0.2) is 6.20 Å². The van der Waals surface area contributed by atoms with Crippen molar-refractivity contribution in [2.75, 3.05) is 26.2 Å². The molecule has 3 rings (SSSR count). The fourth-order valence-corrected chi connectivity index (χ4v) is 4.01. The van der Waals surface area contributed by atoms with Gasteiger partial charge in [0, 0.05) is 50.0 Å². The molecule has 2 fully saturated rings. The molecule has 3 N–H and O–H groups in total. The highest BCUT2D eigenvalue weighted by Gasteiger charge is 2.61. The molecule has 3 heterocycles. The highest BCUT2D eigenvalue weighted by atomic mass is 16.4. The number of likely N-dealkylation sites (tertiary alicyclic amines) is 2. The molecule has 2 saturated heterocycles. The number of aryl methyl sites for hydroxylation is 1. The van der Waals surface area contributed by atoms with Crippen LogP contribution in [0.1, 0.15) is 23.7 Å². The van der Waals surface area contributed by atoms with E-state index >= 15 is 0 Å². The molecular formula is C17H23N3O5. The SMILES string of the molecule is CCN1C[C@@]2(C(=O)O)CN(Cc3c(CO)cnc(C)c3O)C[C@H]2C1=O. The van der Waals surface area contributed by atoms with Crippen molar-refractivity contribution < 1.29 is 24.9 Å². The predicted molar refractivity (Wildman–Crippen MR) is 87.7 cm³/mol. The molecule has 0 radical (unpaired) electrons. The van der Waals surface area contributed by atoms with Gasteiger partial charge in [-0.1, -0.05) is 0 Å². The van der Waals surface area contributed by atoms with Crippen LogP contribution in [0, 0.1) is 18.3 Å². The van der Waals surface area contributed by atoms with Gasteiger partial charge in [0.25, 0.3) is 0 Å². The second-order valence-electron chi connectivity index (χ2n) is 6.89. The number of carbonyl (C=O) groups excluding carboxylic acids is 1. The minimum Gasteiger partial charge on any atom is -0.506 e. The van der Waals surface area contributed by atoms with E-state index in [1.807, 2.05) is 11.8 Å². The Kier molecular flexibility index (Phi) is 4.42. The summed E-state index contributed by atoms with van der Waals surface area (Å²) < 4.78 is 0. The topological polar surface area (TPSA) is 114 Å². The minimum absolute atomic E-state index is 0.00879. The molecule has 0 spiro atoms. The third-order valence-corrected chi connectivity index (χ3v) is 5.49. The molecule has 0 saturated carbocycles. The lowest BCUT2D eigenvalue weighted by Gasteiger charge is -2.25. The molecule has 1 amide bonds. The van der Waals surface area contributed by atoms with Crippen LogP contribution >= 0.6 is 0 Å². The van der Waals surface area contributed by atoms with Crippen LogP contribution in [0.2, 0.25) is 0 Å².